The van der Waals surface area contributed by atoms with Crippen LogP contribution in [0.25, 0.3) is 22.3 Å². The fourth-order valence-electron chi connectivity index (χ4n) is 4.65. The summed E-state index contributed by atoms with van der Waals surface area (Å²) >= 11 is 0.781. The number of nitrogens with zero attached hydrogens (tertiary/aromatic N) is 4. The van der Waals surface area contributed by atoms with Crippen molar-refractivity contribution < 1.29 is 41.3 Å². The molecular formula is C29H21F5N4O4S. The number of carboxylic acid groups (broad SMARTS) is 1. The van der Waals surface area contributed by atoms with E-state index in [2.05, 4.69) is 15.0 Å². The molecule has 2 aromatic carbocycles. The zero-order chi connectivity index (χ0) is 30.3. The third-order valence-corrected chi connectivity index (χ3v) is 7.75. The van der Waals surface area contributed by atoms with Crippen molar-refractivity contribution in [2.24, 2.45) is 0 Å². The van der Waals surface area contributed by atoms with Crippen LogP contribution in [-0.4, -0.2) is 43.3 Å². The fraction of sp³-hybridized carbons (Fsp3) is 0.241. The highest BCUT2D eigenvalue weighted by atomic mass is 32.1. The number of aromatic carboxylic acids is 1. The van der Waals surface area contributed by atoms with Crippen molar-refractivity contribution in [3.63, 3.8) is 0 Å². The van der Waals surface area contributed by atoms with E-state index in [0.29, 0.717) is 30.0 Å². The van der Waals surface area contributed by atoms with Crippen LogP contribution in [0, 0.1) is 11.6 Å². The number of carbonyl (C=O) groups is 1. The van der Waals surface area contributed by atoms with Crippen molar-refractivity contribution >= 4 is 28.3 Å². The van der Waals surface area contributed by atoms with Gasteiger partial charge in [-0.3, -0.25) is 0 Å². The van der Waals surface area contributed by atoms with Gasteiger partial charge in [-0.1, -0.05) is 6.07 Å². The number of hydrogen-bond donors (Lipinski definition) is 1. The Labute approximate surface area is 244 Å². The molecule has 0 amide bonds. The number of carboxylic acids is 1. The van der Waals surface area contributed by atoms with Crippen LogP contribution in [-0.2, 0) is 30.5 Å². The summed E-state index contributed by atoms with van der Waals surface area (Å²) in [5.74, 6) is -2.14. The average molecular weight is 617 g/mol. The van der Waals surface area contributed by atoms with Crippen LogP contribution >= 0.6 is 11.3 Å². The highest BCUT2D eigenvalue weighted by Crippen LogP contribution is 2.31. The number of hydrogen-bond acceptors (Lipinski definition) is 7. The van der Waals surface area contributed by atoms with Crippen molar-refractivity contribution in [2.75, 3.05) is 6.61 Å². The molecule has 5 aromatic rings. The molecular weight excluding hydrogens is 595 g/mol. The third kappa shape index (κ3) is 6.06. The third-order valence-electron chi connectivity index (χ3n) is 6.92. The van der Waals surface area contributed by atoms with Crippen LogP contribution in [0.2, 0.25) is 0 Å². The molecule has 43 heavy (non-hydrogen) atoms. The smallest absolute Gasteiger partial charge is 0.434 e. The SMILES string of the molecule is O=C(O)c1ccc2nc(Cc3cc(F)c(-c4cccc(OCc5nc(C(F)(F)F)cs5)n4)cc3F)n(CC3CCO3)c2c1. The second-order valence-electron chi connectivity index (χ2n) is 9.80. The van der Waals surface area contributed by atoms with Crippen molar-refractivity contribution in [2.45, 2.75) is 38.3 Å². The van der Waals surface area contributed by atoms with Gasteiger partial charge in [0.2, 0.25) is 5.88 Å². The molecule has 0 spiro atoms. The maximum absolute atomic E-state index is 15.4. The maximum atomic E-state index is 15.4. The standard InChI is InChI=1S/C29H21F5N4O4S/c30-19-11-18(21-2-1-3-26(36-21)42-13-27-37-24(14-43-27)29(32,33)34)20(31)8-16(19)10-25-35-22-5-4-15(28(39)40)9-23(22)38(25)12-17-6-7-41-17/h1-5,8-9,11,14,17H,6-7,10,12-13H2,(H,39,40). The average Bonchev–Trinajstić information content (AvgIpc) is 3.56. The molecule has 8 nitrogen and oxygen atoms in total. The molecule has 1 N–H and O–H groups in total. The summed E-state index contributed by atoms with van der Waals surface area (Å²) in [5.41, 5.74) is 0.0815. The van der Waals surface area contributed by atoms with Crippen molar-refractivity contribution in [1.29, 1.82) is 0 Å². The number of alkyl halides is 3. The van der Waals surface area contributed by atoms with Crippen LogP contribution in [0.5, 0.6) is 5.88 Å². The predicted octanol–water partition coefficient (Wildman–Crippen LogP) is 6.51. The van der Waals surface area contributed by atoms with E-state index >= 15 is 8.78 Å². The largest absolute Gasteiger partial charge is 0.478 e. The Bertz CT molecular complexity index is 1830. The Morgan fingerprint density at radius 3 is 2.60 bits per heavy atom. The number of thiazole rings is 1. The van der Waals surface area contributed by atoms with Gasteiger partial charge in [-0.25, -0.2) is 28.5 Å². The fourth-order valence-corrected chi connectivity index (χ4v) is 5.37. The Kier molecular flexibility index (Phi) is 7.56. The van der Waals surface area contributed by atoms with E-state index in [1.807, 2.05) is 0 Å². The van der Waals surface area contributed by atoms with Gasteiger partial charge < -0.3 is 19.1 Å². The Balaban J connectivity index is 1.25. The normalized spacial score (nSPS) is 15.0. The molecule has 1 unspecified atom stereocenters. The summed E-state index contributed by atoms with van der Waals surface area (Å²) < 4.78 is 81.9. The number of ether oxygens (including phenoxy) is 2. The zero-order valence-electron chi connectivity index (χ0n) is 22.1. The monoisotopic (exact) mass is 616 g/mol. The van der Waals surface area contributed by atoms with E-state index in [9.17, 15) is 23.1 Å². The molecule has 6 rings (SSSR count). The Morgan fingerprint density at radius 1 is 1.09 bits per heavy atom. The second kappa shape index (κ2) is 11.3. The van der Waals surface area contributed by atoms with Gasteiger partial charge in [0.1, 0.15) is 29.1 Å². The summed E-state index contributed by atoms with van der Waals surface area (Å²) in [6.07, 6.45) is -3.93. The number of imidazole rings is 1. The van der Waals surface area contributed by atoms with E-state index in [0.717, 1.165) is 35.3 Å². The lowest BCUT2D eigenvalue weighted by Crippen LogP contribution is -2.31. The molecule has 222 valence electrons. The van der Waals surface area contributed by atoms with Crippen LogP contribution in [0.1, 0.15) is 38.9 Å². The van der Waals surface area contributed by atoms with Crippen molar-refractivity contribution in [3.05, 3.63) is 93.2 Å². The Morgan fingerprint density at radius 2 is 1.91 bits per heavy atom. The van der Waals surface area contributed by atoms with Gasteiger partial charge in [-0.15, -0.1) is 11.3 Å². The number of pyridine rings is 1. The molecule has 3 aromatic heterocycles. The van der Waals surface area contributed by atoms with E-state index in [-0.39, 0.29) is 52.4 Å². The molecule has 0 saturated carbocycles. The van der Waals surface area contributed by atoms with Gasteiger partial charge in [0.05, 0.1) is 34.9 Å². The van der Waals surface area contributed by atoms with Gasteiger partial charge in [0.25, 0.3) is 0 Å². The minimum Gasteiger partial charge on any atom is -0.478 e. The van der Waals surface area contributed by atoms with Gasteiger partial charge in [-0.2, -0.15) is 13.2 Å². The van der Waals surface area contributed by atoms with Crippen LogP contribution < -0.4 is 4.74 Å². The molecule has 1 fully saturated rings. The maximum Gasteiger partial charge on any atom is 0.434 e. The number of aromatic nitrogens is 4. The molecule has 0 bridgehead atoms. The van der Waals surface area contributed by atoms with Gasteiger partial charge in [-0.05, 0) is 48.4 Å². The topological polar surface area (TPSA) is 99.4 Å². The highest BCUT2D eigenvalue weighted by Gasteiger charge is 2.33. The molecule has 4 heterocycles. The lowest BCUT2D eigenvalue weighted by Gasteiger charge is -2.27. The first-order valence-corrected chi connectivity index (χ1v) is 13.9. The van der Waals surface area contributed by atoms with E-state index < -0.39 is 29.5 Å². The van der Waals surface area contributed by atoms with Crippen molar-refractivity contribution in [1.82, 2.24) is 19.5 Å². The number of rotatable bonds is 9. The summed E-state index contributed by atoms with van der Waals surface area (Å²) in [6, 6.07) is 11.0. The van der Waals surface area contributed by atoms with Gasteiger partial charge in [0.15, 0.2) is 5.69 Å². The first-order chi connectivity index (χ1) is 20.5. The zero-order valence-corrected chi connectivity index (χ0v) is 22.9. The quantitative estimate of drug-likeness (QED) is 0.189. The lowest BCUT2D eigenvalue weighted by atomic mass is 10.0. The minimum absolute atomic E-state index is 0.00203. The second-order valence-corrected chi connectivity index (χ2v) is 10.7. The van der Waals surface area contributed by atoms with Gasteiger partial charge in [0, 0.05) is 30.0 Å². The lowest BCUT2D eigenvalue weighted by molar-refractivity contribution is -0.140. The molecule has 1 saturated heterocycles. The molecule has 1 aliphatic rings. The number of halogens is 5. The first-order valence-electron chi connectivity index (χ1n) is 13.0. The van der Waals surface area contributed by atoms with Gasteiger partial charge >= 0.3 is 12.1 Å². The van der Waals surface area contributed by atoms with Crippen LogP contribution in [0.3, 0.4) is 0 Å². The number of benzene rings is 2. The summed E-state index contributed by atoms with van der Waals surface area (Å²) in [6.45, 7) is 0.707. The molecule has 0 aliphatic carbocycles. The minimum atomic E-state index is -4.57. The van der Waals surface area contributed by atoms with E-state index in [4.69, 9.17) is 9.47 Å². The molecule has 0 radical (unpaired) electrons. The van der Waals surface area contributed by atoms with Crippen LogP contribution in [0.4, 0.5) is 22.0 Å². The highest BCUT2D eigenvalue weighted by molar-refractivity contribution is 7.09. The Hall–Kier alpha value is -4.43. The summed E-state index contributed by atoms with van der Waals surface area (Å²) in [4.78, 5) is 23.8. The predicted molar refractivity (Wildman–Crippen MR) is 145 cm³/mol. The van der Waals surface area contributed by atoms with E-state index in [1.54, 1.807) is 10.6 Å². The molecule has 1 atom stereocenters. The van der Waals surface area contributed by atoms with Crippen molar-refractivity contribution in [3.8, 4) is 17.1 Å². The summed E-state index contributed by atoms with van der Waals surface area (Å²) in [7, 11) is 0. The number of fused-ring (bicyclic) bond motifs is 1. The molecule has 14 heteroatoms. The molecule has 1 aliphatic heterocycles. The summed E-state index contributed by atoms with van der Waals surface area (Å²) in [5, 5.41) is 10.4. The van der Waals surface area contributed by atoms with E-state index in [1.165, 1.54) is 30.3 Å². The van der Waals surface area contributed by atoms with Crippen LogP contribution in [0.15, 0.2) is 53.9 Å². The first kappa shape index (κ1) is 28.7.